The Morgan fingerprint density at radius 1 is 1.24 bits per heavy atom. The van der Waals surface area contributed by atoms with Gasteiger partial charge in [-0.15, -0.1) is 0 Å². The smallest absolute Gasteiger partial charge is 0.255 e. The number of halogens is 1. The first-order chi connectivity index (χ1) is 10.1. The Morgan fingerprint density at radius 3 is 2.76 bits per heavy atom. The van der Waals surface area contributed by atoms with Crippen LogP contribution in [0.5, 0.6) is 11.6 Å². The maximum Gasteiger partial charge on any atom is 0.255 e. The monoisotopic (exact) mass is 290 g/mol. The van der Waals surface area contributed by atoms with Crippen LogP contribution in [-0.2, 0) is 6.54 Å². The van der Waals surface area contributed by atoms with Crippen LogP contribution in [0.25, 0.3) is 0 Å². The topological polar surface area (TPSA) is 60.5 Å². The van der Waals surface area contributed by atoms with E-state index in [-0.39, 0.29) is 12.1 Å². The van der Waals surface area contributed by atoms with Gasteiger partial charge in [-0.2, -0.15) is 0 Å². The predicted molar refractivity (Wildman–Crippen MR) is 74.9 cm³/mol. The molecule has 110 valence electrons. The number of rotatable bonds is 5. The number of amides is 1. The maximum atomic E-state index is 13.2. The molecule has 2 rings (SSSR count). The van der Waals surface area contributed by atoms with Gasteiger partial charge in [0.1, 0.15) is 11.6 Å². The molecule has 0 atom stereocenters. The van der Waals surface area contributed by atoms with Crippen molar-refractivity contribution in [2.45, 2.75) is 6.54 Å². The van der Waals surface area contributed by atoms with Gasteiger partial charge in [0.25, 0.3) is 5.91 Å². The third-order valence-electron chi connectivity index (χ3n) is 2.83. The van der Waals surface area contributed by atoms with E-state index in [9.17, 15) is 9.18 Å². The number of carbonyl (C=O) groups is 1. The highest BCUT2D eigenvalue weighted by molar-refractivity contribution is 5.96. The molecule has 1 N–H and O–H groups in total. The van der Waals surface area contributed by atoms with Crippen LogP contribution in [0, 0.1) is 5.82 Å². The molecule has 0 unspecified atom stereocenters. The standard InChI is InChI=1S/C15H15FN2O3/c1-20-13-7-6-10(16)8-12(13)15(19)17-9-11-4-3-5-14(18-11)21-2/h3-8H,9H2,1-2H3,(H,17,19). The van der Waals surface area contributed by atoms with Gasteiger partial charge in [0.15, 0.2) is 0 Å². The molecule has 1 amide bonds. The van der Waals surface area contributed by atoms with Gasteiger partial charge >= 0.3 is 0 Å². The van der Waals surface area contributed by atoms with Crippen LogP contribution >= 0.6 is 0 Å². The van der Waals surface area contributed by atoms with Gasteiger partial charge in [-0.05, 0) is 24.3 Å². The summed E-state index contributed by atoms with van der Waals surface area (Å²) in [6.07, 6.45) is 0. The normalized spacial score (nSPS) is 10.0. The molecule has 21 heavy (non-hydrogen) atoms. The Hall–Kier alpha value is -2.63. The predicted octanol–water partition coefficient (Wildman–Crippen LogP) is 2.17. The van der Waals surface area contributed by atoms with Crippen LogP contribution in [0.4, 0.5) is 4.39 Å². The highest BCUT2D eigenvalue weighted by Gasteiger charge is 2.13. The molecule has 0 fully saturated rings. The molecule has 0 spiro atoms. The second kappa shape index (κ2) is 6.69. The Bertz CT molecular complexity index is 647. The number of ether oxygens (including phenoxy) is 2. The molecule has 0 radical (unpaired) electrons. The van der Waals surface area contributed by atoms with E-state index in [0.29, 0.717) is 17.3 Å². The SMILES string of the molecule is COc1cccc(CNC(=O)c2cc(F)ccc2OC)n1. The van der Waals surface area contributed by atoms with E-state index < -0.39 is 11.7 Å². The molecule has 0 saturated carbocycles. The number of nitrogens with one attached hydrogen (secondary N) is 1. The first-order valence-corrected chi connectivity index (χ1v) is 6.25. The van der Waals surface area contributed by atoms with Gasteiger partial charge < -0.3 is 14.8 Å². The van der Waals surface area contributed by atoms with Crippen molar-refractivity contribution in [1.82, 2.24) is 10.3 Å². The van der Waals surface area contributed by atoms with E-state index in [4.69, 9.17) is 9.47 Å². The molecule has 2 aromatic rings. The highest BCUT2D eigenvalue weighted by atomic mass is 19.1. The second-order valence-corrected chi connectivity index (χ2v) is 4.20. The van der Waals surface area contributed by atoms with Gasteiger partial charge in [-0.3, -0.25) is 4.79 Å². The van der Waals surface area contributed by atoms with E-state index in [1.54, 1.807) is 18.2 Å². The lowest BCUT2D eigenvalue weighted by Crippen LogP contribution is -2.24. The summed E-state index contributed by atoms with van der Waals surface area (Å²) in [7, 11) is 2.94. The molecule has 0 aliphatic rings. The summed E-state index contributed by atoms with van der Waals surface area (Å²) in [6, 6.07) is 9.02. The Balaban J connectivity index is 2.09. The summed E-state index contributed by atoms with van der Waals surface area (Å²) in [5, 5.41) is 2.66. The summed E-state index contributed by atoms with van der Waals surface area (Å²) < 4.78 is 23.3. The molecule has 1 heterocycles. The zero-order chi connectivity index (χ0) is 15.2. The number of methoxy groups -OCH3 is 2. The molecule has 6 heteroatoms. The Kier molecular flexibility index (Phi) is 4.71. The fourth-order valence-corrected chi connectivity index (χ4v) is 1.79. The van der Waals surface area contributed by atoms with Crippen LogP contribution in [0.15, 0.2) is 36.4 Å². The zero-order valence-corrected chi connectivity index (χ0v) is 11.7. The number of hydrogen-bond donors (Lipinski definition) is 1. The molecule has 0 aliphatic heterocycles. The van der Waals surface area contributed by atoms with Crippen LogP contribution in [-0.4, -0.2) is 25.1 Å². The minimum Gasteiger partial charge on any atom is -0.496 e. The number of aromatic nitrogens is 1. The first-order valence-electron chi connectivity index (χ1n) is 6.25. The third-order valence-corrected chi connectivity index (χ3v) is 2.83. The van der Waals surface area contributed by atoms with Gasteiger partial charge in [0.05, 0.1) is 32.0 Å². The van der Waals surface area contributed by atoms with Crippen molar-refractivity contribution >= 4 is 5.91 Å². The second-order valence-electron chi connectivity index (χ2n) is 4.20. The molecular formula is C15H15FN2O3. The van der Waals surface area contributed by atoms with Gasteiger partial charge in [0.2, 0.25) is 5.88 Å². The summed E-state index contributed by atoms with van der Waals surface area (Å²) in [6.45, 7) is 0.204. The van der Waals surface area contributed by atoms with Crippen molar-refractivity contribution in [2.24, 2.45) is 0 Å². The Morgan fingerprint density at radius 2 is 2.05 bits per heavy atom. The number of pyridine rings is 1. The molecule has 5 nitrogen and oxygen atoms in total. The lowest BCUT2D eigenvalue weighted by molar-refractivity contribution is 0.0946. The quantitative estimate of drug-likeness (QED) is 0.916. The van der Waals surface area contributed by atoms with Crippen molar-refractivity contribution in [3.05, 3.63) is 53.5 Å². The van der Waals surface area contributed by atoms with E-state index in [2.05, 4.69) is 10.3 Å². The van der Waals surface area contributed by atoms with E-state index >= 15 is 0 Å². The van der Waals surface area contributed by atoms with E-state index in [0.717, 1.165) is 6.07 Å². The molecule has 0 saturated heterocycles. The largest absolute Gasteiger partial charge is 0.496 e. The fourth-order valence-electron chi connectivity index (χ4n) is 1.79. The van der Waals surface area contributed by atoms with Crippen molar-refractivity contribution < 1.29 is 18.7 Å². The fraction of sp³-hybridized carbons (Fsp3) is 0.200. The van der Waals surface area contributed by atoms with Gasteiger partial charge in [0, 0.05) is 6.07 Å². The van der Waals surface area contributed by atoms with Crippen molar-refractivity contribution in [3.8, 4) is 11.6 Å². The average Bonchev–Trinajstić information content (AvgIpc) is 2.52. The number of nitrogens with zero attached hydrogens (tertiary/aromatic N) is 1. The van der Waals surface area contributed by atoms with E-state index in [1.165, 1.54) is 26.4 Å². The summed E-state index contributed by atoms with van der Waals surface area (Å²) in [4.78, 5) is 16.3. The lowest BCUT2D eigenvalue weighted by Gasteiger charge is -2.09. The van der Waals surface area contributed by atoms with Crippen molar-refractivity contribution in [3.63, 3.8) is 0 Å². The molecule has 1 aromatic heterocycles. The number of benzene rings is 1. The van der Waals surface area contributed by atoms with E-state index in [1.807, 2.05) is 0 Å². The van der Waals surface area contributed by atoms with Crippen LogP contribution < -0.4 is 14.8 Å². The number of hydrogen-bond acceptors (Lipinski definition) is 4. The average molecular weight is 290 g/mol. The highest BCUT2D eigenvalue weighted by Crippen LogP contribution is 2.19. The summed E-state index contributed by atoms with van der Waals surface area (Å²) >= 11 is 0. The minimum atomic E-state index is -0.500. The van der Waals surface area contributed by atoms with Gasteiger partial charge in [-0.25, -0.2) is 9.37 Å². The summed E-state index contributed by atoms with van der Waals surface area (Å²) in [5.41, 5.74) is 0.776. The third kappa shape index (κ3) is 3.68. The molecule has 0 aliphatic carbocycles. The number of carbonyl (C=O) groups excluding carboxylic acids is 1. The molecule has 1 aromatic carbocycles. The molecule has 0 bridgehead atoms. The van der Waals surface area contributed by atoms with Gasteiger partial charge in [-0.1, -0.05) is 6.07 Å². The van der Waals surface area contributed by atoms with Crippen LogP contribution in [0.3, 0.4) is 0 Å². The Labute approximate surface area is 121 Å². The van der Waals surface area contributed by atoms with Crippen LogP contribution in [0.2, 0.25) is 0 Å². The maximum absolute atomic E-state index is 13.2. The first kappa shape index (κ1) is 14.8. The summed E-state index contributed by atoms with van der Waals surface area (Å²) in [5.74, 6) is -0.158. The lowest BCUT2D eigenvalue weighted by atomic mass is 10.2. The van der Waals surface area contributed by atoms with Crippen molar-refractivity contribution in [1.29, 1.82) is 0 Å². The minimum absolute atomic E-state index is 0.139. The zero-order valence-electron chi connectivity index (χ0n) is 11.7. The molecular weight excluding hydrogens is 275 g/mol. The van der Waals surface area contributed by atoms with Crippen molar-refractivity contribution in [2.75, 3.05) is 14.2 Å². The van der Waals surface area contributed by atoms with Crippen LogP contribution in [0.1, 0.15) is 16.1 Å².